The van der Waals surface area contributed by atoms with Gasteiger partial charge in [-0.3, -0.25) is 15.5 Å². The molecule has 84 valence electrons. The second-order valence-electron chi connectivity index (χ2n) is 3.35. The van der Waals surface area contributed by atoms with Gasteiger partial charge in [-0.2, -0.15) is 5.10 Å². The zero-order valence-corrected chi connectivity index (χ0v) is 9.52. The number of halogens is 1. The average Bonchev–Trinajstić information content (AvgIpc) is 2.69. The maximum absolute atomic E-state index is 6.08. The van der Waals surface area contributed by atoms with E-state index in [2.05, 4.69) is 15.5 Å². The number of rotatable bonds is 3. The van der Waals surface area contributed by atoms with Gasteiger partial charge in [0.15, 0.2) is 0 Å². The Hall–Kier alpha value is -1.43. The average molecular weight is 238 g/mol. The third-order valence-corrected chi connectivity index (χ3v) is 2.70. The quantitative estimate of drug-likeness (QED) is 0.618. The van der Waals surface area contributed by atoms with E-state index in [0.717, 1.165) is 5.69 Å². The van der Waals surface area contributed by atoms with E-state index in [1.807, 2.05) is 13.1 Å². The Morgan fingerprint density at radius 1 is 1.44 bits per heavy atom. The zero-order chi connectivity index (χ0) is 11.5. The molecule has 0 radical (unpaired) electrons. The van der Waals surface area contributed by atoms with E-state index in [0.29, 0.717) is 10.7 Å². The first-order chi connectivity index (χ1) is 7.74. The molecular formula is C10H12ClN5. The fourth-order valence-corrected chi connectivity index (χ4v) is 1.81. The molecule has 0 saturated carbocycles. The number of nitrogens with one attached hydrogen (secondary N) is 1. The lowest BCUT2D eigenvalue weighted by atomic mass is 10.1. The third-order valence-electron chi connectivity index (χ3n) is 2.38. The van der Waals surface area contributed by atoms with Crippen LogP contribution in [0.1, 0.15) is 17.4 Å². The molecule has 0 spiro atoms. The number of hydrazine groups is 1. The normalized spacial score (nSPS) is 12.7. The summed E-state index contributed by atoms with van der Waals surface area (Å²) in [4.78, 5) is 4.23. The van der Waals surface area contributed by atoms with Crippen LogP contribution >= 0.6 is 11.6 Å². The predicted molar refractivity (Wildman–Crippen MR) is 61.6 cm³/mol. The van der Waals surface area contributed by atoms with Crippen molar-refractivity contribution in [2.75, 3.05) is 0 Å². The highest BCUT2D eigenvalue weighted by Crippen LogP contribution is 2.24. The van der Waals surface area contributed by atoms with Gasteiger partial charge in [0, 0.05) is 19.4 Å². The first-order valence-corrected chi connectivity index (χ1v) is 5.16. The molecule has 0 fully saturated rings. The van der Waals surface area contributed by atoms with Gasteiger partial charge < -0.3 is 0 Å². The fourth-order valence-electron chi connectivity index (χ4n) is 1.58. The number of pyridine rings is 1. The third kappa shape index (κ3) is 1.92. The van der Waals surface area contributed by atoms with Crippen LogP contribution in [0, 0.1) is 0 Å². The summed E-state index contributed by atoms with van der Waals surface area (Å²) in [7, 11) is 1.84. The van der Waals surface area contributed by atoms with Crippen LogP contribution in [0.15, 0.2) is 30.6 Å². The van der Waals surface area contributed by atoms with Crippen LogP contribution < -0.4 is 11.3 Å². The number of nitrogens with two attached hydrogens (primary N) is 1. The molecule has 2 rings (SSSR count). The van der Waals surface area contributed by atoms with Crippen molar-refractivity contribution in [1.82, 2.24) is 20.2 Å². The molecule has 0 aromatic carbocycles. The van der Waals surface area contributed by atoms with E-state index in [1.54, 1.807) is 29.2 Å². The summed E-state index contributed by atoms with van der Waals surface area (Å²) in [6.07, 6.45) is 3.39. The molecule has 0 bridgehead atoms. The van der Waals surface area contributed by atoms with Crippen molar-refractivity contribution in [2.45, 2.75) is 6.04 Å². The Labute approximate surface area is 98.2 Å². The lowest BCUT2D eigenvalue weighted by Crippen LogP contribution is -2.31. The van der Waals surface area contributed by atoms with Crippen molar-refractivity contribution in [3.63, 3.8) is 0 Å². The number of hydrogen-bond donors (Lipinski definition) is 2. The van der Waals surface area contributed by atoms with Crippen molar-refractivity contribution in [2.24, 2.45) is 12.9 Å². The smallest absolute Gasteiger partial charge is 0.106 e. The van der Waals surface area contributed by atoms with E-state index in [1.165, 1.54) is 0 Å². The number of aryl methyl sites for hydroxylation is 1. The number of hydrogen-bond acceptors (Lipinski definition) is 4. The number of aromatic nitrogens is 3. The molecule has 2 aromatic rings. The van der Waals surface area contributed by atoms with Crippen molar-refractivity contribution >= 4 is 11.6 Å². The minimum absolute atomic E-state index is 0.263. The molecule has 2 aromatic heterocycles. The fraction of sp³-hybridized carbons (Fsp3) is 0.200. The summed E-state index contributed by atoms with van der Waals surface area (Å²) in [5, 5.41) is 4.67. The van der Waals surface area contributed by atoms with Gasteiger partial charge in [0.25, 0.3) is 0 Å². The van der Waals surface area contributed by atoms with E-state index >= 15 is 0 Å². The molecule has 0 aliphatic carbocycles. The van der Waals surface area contributed by atoms with Crippen molar-refractivity contribution in [3.05, 3.63) is 47.0 Å². The van der Waals surface area contributed by atoms with Gasteiger partial charge in [0.2, 0.25) is 0 Å². The van der Waals surface area contributed by atoms with Gasteiger partial charge in [-0.25, -0.2) is 5.43 Å². The summed E-state index contributed by atoms with van der Waals surface area (Å²) in [5.74, 6) is 5.54. The largest absolute Gasteiger partial charge is 0.271 e. The molecule has 6 heteroatoms. The van der Waals surface area contributed by atoms with Gasteiger partial charge >= 0.3 is 0 Å². The number of nitrogens with zero attached hydrogens (tertiary/aromatic N) is 3. The monoisotopic (exact) mass is 237 g/mol. The first-order valence-electron chi connectivity index (χ1n) is 4.78. The predicted octanol–water partition coefficient (Wildman–Crippen LogP) is 1.02. The van der Waals surface area contributed by atoms with E-state index in [4.69, 9.17) is 17.4 Å². The van der Waals surface area contributed by atoms with Crippen LogP contribution in [0.2, 0.25) is 5.02 Å². The van der Waals surface area contributed by atoms with Gasteiger partial charge in [-0.15, -0.1) is 0 Å². The SMILES string of the molecule is Cn1nccc1C(NN)c1ncccc1Cl. The topological polar surface area (TPSA) is 68.8 Å². The maximum atomic E-state index is 6.08. The highest BCUT2D eigenvalue weighted by molar-refractivity contribution is 6.31. The summed E-state index contributed by atoms with van der Waals surface area (Å²) >= 11 is 6.08. The summed E-state index contributed by atoms with van der Waals surface area (Å²) in [5.41, 5.74) is 4.29. The van der Waals surface area contributed by atoms with Gasteiger partial charge in [-0.1, -0.05) is 11.6 Å². The summed E-state index contributed by atoms with van der Waals surface area (Å²) in [6, 6.07) is 5.17. The van der Waals surface area contributed by atoms with Crippen LogP contribution in [-0.2, 0) is 7.05 Å². The standard InChI is InChI=1S/C10H12ClN5/c1-16-8(4-6-14-16)10(15-12)9-7(11)3-2-5-13-9/h2-6,10,15H,12H2,1H3. The molecule has 3 N–H and O–H groups in total. The van der Waals surface area contributed by atoms with Gasteiger partial charge in [0.1, 0.15) is 6.04 Å². The molecule has 2 heterocycles. The van der Waals surface area contributed by atoms with E-state index in [-0.39, 0.29) is 6.04 Å². The highest BCUT2D eigenvalue weighted by Gasteiger charge is 2.19. The van der Waals surface area contributed by atoms with Crippen LogP contribution in [-0.4, -0.2) is 14.8 Å². The van der Waals surface area contributed by atoms with Crippen LogP contribution in [0.4, 0.5) is 0 Å². The molecule has 1 unspecified atom stereocenters. The van der Waals surface area contributed by atoms with Crippen LogP contribution in [0.5, 0.6) is 0 Å². The zero-order valence-electron chi connectivity index (χ0n) is 8.76. The highest BCUT2D eigenvalue weighted by atomic mass is 35.5. The minimum Gasteiger partial charge on any atom is -0.271 e. The first kappa shape index (κ1) is 11.1. The summed E-state index contributed by atoms with van der Waals surface area (Å²) in [6.45, 7) is 0. The second kappa shape index (κ2) is 4.61. The van der Waals surface area contributed by atoms with Crippen molar-refractivity contribution in [3.8, 4) is 0 Å². The van der Waals surface area contributed by atoms with Gasteiger partial charge in [-0.05, 0) is 18.2 Å². The van der Waals surface area contributed by atoms with E-state index in [9.17, 15) is 0 Å². The lowest BCUT2D eigenvalue weighted by molar-refractivity contribution is 0.564. The Kier molecular flexibility index (Phi) is 3.19. The van der Waals surface area contributed by atoms with Crippen LogP contribution in [0.3, 0.4) is 0 Å². The van der Waals surface area contributed by atoms with Gasteiger partial charge in [0.05, 0.1) is 16.4 Å². The molecule has 0 saturated heterocycles. The Morgan fingerprint density at radius 2 is 2.25 bits per heavy atom. The Bertz CT molecular complexity index is 482. The molecule has 0 amide bonds. The lowest BCUT2D eigenvalue weighted by Gasteiger charge is -2.16. The Balaban J connectivity index is 2.45. The minimum atomic E-state index is -0.263. The van der Waals surface area contributed by atoms with Crippen LogP contribution in [0.25, 0.3) is 0 Å². The molecule has 0 aliphatic heterocycles. The van der Waals surface area contributed by atoms with E-state index < -0.39 is 0 Å². The second-order valence-corrected chi connectivity index (χ2v) is 3.76. The Morgan fingerprint density at radius 3 is 2.81 bits per heavy atom. The maximum Gasteiger partial charge on any atom is 0.106 e. The molecular weight excluding hydrogens is 226 g/mol. The molecule has 0 aliphatic rings. The molecule has 1 atom stereocenters. The van der Waals surface area contributed by atoms with Crippen molar-refractivity contribution in [1.29, 1.82) is 0 Å². The molecule has 16 heavy (non-hydrogen) atoms. The summed E-state index contributed by atoms with van der Waals surface area (Å²) < 4.78 is 1.73. The van der Waals surface area contributed by atoms with Crippen molar-refractivity contribution < 1.29 is 0 Å². The molecule has 5 nitrogen and oxygen atoms in total.